The molecule has 31 heavy (non-hydrogen) atoms. The third kappa shape index (κ3) is 3.59. The number of anilines is 1. The summed E-state index contributed by atoms with van der Waals surface area (Å²) in [5.74, 6) is -0.256. The fraction of sp³-hybridized carbons (Fsp3) is 0.120. The van der Waals surface area contributed by atoms with Crippen molar-refractivity contribution in [1.82, 2.24) is 14.9 Å². The first kappa shape index (κ1) is 19.5. The quantitative estimate of drug-likeness (QED) is 0.435. The minimum Gasteiger partial charge on any atom is -0.351 e. The molecule has 0 bridgehead atoms. The van der Waals surface area contributed by atoms with Gasteiger partial charge in [0.25, 0.3) is 0 Å². The summed E-state index contributed by atoms with van der Waals surface area (Å²) in [5.41, 5.74) is 5.03. The van der Waals surface area contributed by atoms with Crippen LogP contribution in [0.3, 0.4) is 0 Å². The van der Waals surface area contributed by atoms with Gasteiger partial charge in [0.1, 0.15) is 11.9 Å². The molecule has 0 aliphatic carbocycles. The van der Waals surface area contributed by atoms with Crippen LogP contribution in [0, 0.1) is 12.7 Å². The van der Waals surface area contributed by atoms with Gasteiger partial charge in [0.15, 0.2) is 5.11 Å². The van der Waals surface area contributed by atoms with Crippen LogP contribution < -0.4 is 10.2 Å². The van der Waals surface area contributed by atoms with E-state index < -0.39 is 0 Å². The van der Waals surface area contributed by atoms with E-state index in [0.717, 1.165) is 28.3 Å². The summed E-state index contributed by atoms with van der Waals surface area (Å²) in [7, 11) is 0. The first-order chi connectivity index (χ1) is 15.1. The maximum atomic E-state index is 13.5. The number of aryl methyl sites for hydroxylation is 1. The van der Waals surface area contributed by atoms with E-state index in [-0.39, 0.29) is 17.9 Å². The largest absolute Gasteiger partial charge is 0.351 e. The van der Waals surface area contributed by atoms with E-state index in [0.29, 0.717) is 5.11 Å². The Bertz CT molecular complexity index is 1220. The van der Waals surface area contributed by atoms with Gasteiger partial charge in [0.2, 0.25) is 0 Å². The molecule has 3 heterocycles. The summed E-state index contributed by atoms with van der Waals surface area (Å²) in [6.07, 6.45) is 3.79. The van der Waals surface area contributed by atoms with Crippen molar-refractivity contribution in [2.24, 2.45) is 0 Å². The monoisotopic (exact) mass is 428 g/mol. The molecule has 1 fully saturated rings. The number of thiocarbonyl (C=S) groups is 1. The Morgan fingerprint density at radius 1 is 0.935 bits per heavy atom. The molecule has 1 aliphatic rings. The third-order valence-corrected chi connectivity index (χ3v) is 5.88. The molecule has 154 valence electrons. The topological polar surface area (TPSA) is 33.1 Å². The number of aromatic nitrogens is 2. The molecule has 1 N–H and O–H groups in total. The van der Waals surface area contributed by atoms with Crippen molar-refractivity contribution >= 4 is 23.0 Å². The smallest absolute Gasteiger partial charge is 0.174 e. The van der Waals surface area contributed by atoms with E-state index in [1.165, 1.54) is 12.1 Å². The third-order valence-electron chi connectivity index (χ3n) is 5.57. The fourth-order valence-electron chi connectivity index (χ4n) is 4.18. The van der Waals surface area contributed by atoms with Crippen LogP contribution in [0.15, 0.2) is 91.3 Å². The molecule has 1 aliphatic heterocycles. The molecule has 0 saturated carbocycles. The number of rotatable bonds is 4. The zero-order chi connectivity index (χ0) is 21.4. The van der Waals surface area contributed by atoms with Crippen LogP contribution in [0.4, 0.5) is 10.1 Å². The molecule has 0 radical (unpaired) electrons. The lowest BCUT2D eigenvalue weighted by Crippen LogP contribution is -2.30. The molecule has 4 aromatic rings. The average Bonchev–Trinajstić information content (AvgIpc) is 3.39. The molecule has 0 amide bonds. The molecule has 5 rings (SSSR count). The van der Waals surface area contributed by atoms with E-state index in [1.54, 1.807) is 18.3 Å². The van der Waals surface area contributed by atoms with Crippen LogP contribution >= 0.6 is 12.2 Å². The zero-order valence-corrected chi connectivity index (χ0v) is 17.8. The normalized spacial score (nSPS) is 18.3. The zero-order valence-electron chi connectivity index (χ0n) is 16.9. The first-order valence-electron chi connectivity index (χ1n) is 10.1. The number of halogens is 1. The van der Waals surface area contributed by atoms with Gasteiger partial charge in [-0.05, 0) is 85.4 Å². The van der Waals surface area contributed by atoms with Gasteiger partial charge in [0, 0.05) is 29.5 Å². The van der Waals surface area contributed by atoms with Gasteiger partial charge >= 0.3 is 0 Å². The van der Waals surface area contributed by atoms with Gasteiger partial charge in [-0.3, -0.25) is 4.98 Å². The Morgan fingerprint density at radius 3 is 2.52 bits per heavy atom. The summed E-state index contributed by atoms with van der Waals surface area (Å²) in [4.78, 5) is 6.76. The lowest BCUT2D eigenvalue weighted by molar-refractivity contribution is 0.549. The predicted molar refractivity (Wildman–Crippen MR) is 125 cm³/mol. The number of benzene rings is 2. The summed E-state index contributed by atoms with van der Waals surface area (Å²) in [6, 6.07) is 24.6. The summed E-state index contributed by atoms with van der Waals surface area (Å²) < 4.78 is 15.6. The van der Waals surface area contributed by atoms with Crippen LogP contribution in [0.5, 0.6) is 0 Å². The molecule has 0 unspecified atom stereocenters. The highest BCUT2D eigenvalue weighted by Gasteiger charge is 2.42. The standard InChI is InChI=1S/C25H21FN4S/c1-17-6-4-7-20(16-17)30-24(23(28-25(30)31)21-8-2-3-14-27-21)22-9-5-15-29(22)19-12-10-18(26)11-13-19/h2-16,23-24H,1H3,(H,28,31)/t23-,24-/m1/s1. The second kappa shape index (κ2) is 7.96. The van der Waals surface area contributed by atoms with Gasteiger partial charge in [-0.1, -0.05) is 18.2 Å². The van der Waals surface area contributed by atoms with Crippen LogP contribution in [-0.4, -0.2) is 14.7 Å². The summed E-state index contributed by atoms with van der Waals surface area (Å²) >= 11 is 5.80. The van der Waals surface area contributed by atoms with Crippen molar-refractivity contribution in [2.75, 3.05) is 4.90 Å². The van der Waals surface area contributed by atoms with Crippen molar-refractivity contribution in [1.29, 1.82) is 0 Å². The van der Waals surface area contributed by atoms with E-state index in [2.05, 4.69) is 51.0 Å². The van der Waals surface area contributed by atoms with Crippen molar-refractivity contribution in [3.63, 3.8) is 0 Å². The minimum atomic E-state index is -0.256. The Morgan fingerprint density at radius 2 is 1.77 bits per heavy atom. The number of nitrogens with zero attached hydrogens (tertiary/aromatic N) is 3. The van der Waals surface area contributed by atoms with Gasteiger partial charge < -0.3 is 14.8 Å². The molecular weight excluding hydrogens is 407 g/mol. The molecular formula is C25H21FN4S. The second-order valence-electron chi connectivity index (χ2n) is 7.62. The first-order valence-corrected chi connectivity index (χ1v) is 10.5. The molecule has 2 atom stereocenters. The van der Waals surface area contributed by atoms with E-state index >= 15 is 0 Å². The molecule has 6 heteroatoms. The molecule has 0 spiro atoms. The number of pyridine rings is 1. The summed E-state index contributed by atoms with van der Waals surface area (Å²) in [5, 5.41) is 4.14. The highest BCUT2D eigenvalue weighted by molar-refractivity contribution is 7.80. The van der Waals surface area contributed by atoms with Crippen molar-refractivity contribution < 1.29 is 4.39 Å². The highest BCUT2D eigenvalue weighted by Crippen LogP contribution is 2.42. The Hall–Kier alpha value is -3.51. The molecule has 2 aromatic carbocycles. The van der Waals surface area contributed by atoms with Gasteiger partial charge in [0.05, 0.1) is 11.7 Å². The van der Waals surface area contributed by atoms with Gasteiger partial charge in [-0.2, -0.15) is 0 Å². The number of hydrogen-bond acceptors (Lipinski definition) is 2. The molecule has 4 nitrogen and oxygen atoms in total. The number of hydrogen-bond donors (Lipinski definition) is 1. The molecule has 1 saturated heterocycles. The summed E-state index contributed by atoms with van der Waals surface area (Å²) in [6.45, 7) is 2.07. The van der Waals surface area contributed by atoms with Crippen LogP contribution in [-0.2, 0) is 0 Å². The average molecular weight is 429 g/mol. The van der Waals surface area contributed by atoms with E-state index in [4.69, 9.17) is 12.2 Å². The van der Waals surface area contributed by atoms with Crippen LogP contribution in [0.2, 0.25) is 0 Å². The maximum Gasteiger partial charge on any atom is 0.174 e. The fourth-order valence-corrected chi connectivity index (χ4v) is 4.53. The molecule has 2 aromatic heterocycles. The lowest BCUT2D eigenvalue weighted by Gasteiger charge is -2.29. The van der Waals surface area contributed by atoms with E-state index in [1.807, 2.05) is 36.5 Å². The second-order valence-corrected chi connectivity index (χ2v) is 8.00. The minimum absolute atomic E-state index is 0.135. The maximum absolute atomic E-state index is 13.5. The Kier molecular flexibility index (Phi) is 5.00. The highest BCUT2D eigenvalue weighted by atomic mass is 32.1. The van der Waals surface area contributed by atoms with Crippen LogP contribution in [0.25, 0.3) is 5.69 Å². The van der Waals surface area contributed by atoms with Crippen LogP contribution in [0.1, 0.15) is 29.0 Å². The number of nitrogens with one attached hydrogen (secondary N) is 1. The Balaban J connectivity index is 1.67. The predicted octanol–water partition coefficient (Wildman–Crippen LogP) is 5.50. The van der Waals surface area contributed by atoms with Crippen molar-refractivity contribution in [3.05, 3.63) is 114 Å². The SMILES string of the molecule is Cc1cccc(N2C(=S)N[C@H](c3ccccn3)[C@H]2c2cccn2-c2ccc(F)cc2)c1. The van der Waals surface area contributed by atoms with Gasteiger partial charge in [-0.15, -0.1) is 0 Å². The van der Waals surface area contributed by atoms with Gasteiger partial charge in [-0.25, -0.2) is 4.39 Å². The van der Waals surface area contributed by atoms with Crippen molar-refractivity contribution in [3.8, 4) is 5.69 Å². The van der Waals surface area contributed by atoms with E-state index in [9.17, 15) is 4.39 Å². The van der Waals surface area contributed by atoms with Crippen molar-refractivity contribution in [2.45, 2.75) is 19.0 Å². The Labute approximate surface area is 186 Å². The lowest BCUT2D eigenvalue weighted by atomic mass is 10.0.